The van der Waals surface area contributed by atoms with Crippen LogP contribution >= 0.6 is 11.3 Å². The van der Waals surface area contributed by atoms with Crippen LogP contribution in [0.5, 0.6) is 0 Å². The van der Waals surface area contributed by atoms with Gasteiger partial charge in [-0.1, -0.05) is 6.07 Å². The number of nitrogens with zero attached hydrogens (tertiary/aromatic N) is 1. The summed E-state index contributed by atoms with van der Waals surface area (Å²) >= 11 is 1.74. The second kappa shape index (κ2) is 5.87. The largest absolute Gasteiger partial charge is 0.461 e. The van der Waals surface area contributed by atoms with Gasteiger partial charge in [-0.25, -0.2) is 4.79 Å². The predicted molar refractivity (Wildman–Crippen MR) is 73.1 cm³/mol. The van der Waals surface area contributed by atoms with Crippen LogP contribution in [-0.2, 0) is 17.7 Å². The number of hydrogen-bond donors (Lipinski definition) is 0. The van der Waals surface area contributed by atoms with Crippen LogP contribution in [0.4, 0.5) is 0 Å². The minimum atomic E-state index is -0.230. The van der Waals surface area contributed by atoms with E-state index in [-0.39, 0.29) is 5.97 Å². The fraction of sp³-hybridized carbons (Fsp3) is 0.357. The molecule has 0 atom stereocenters. The molecule has 2 rings (SSSR count). The Hall–Kier alpha value is -1.55. The maximum Gasteiger partial charge on any atom is 0.355 e. The first-order valence-corrected chi connectivity index (χ1v) is 6.95. The summed E-state index contributed by atoms with van der Waals surface area (Å²) in [5.41, 5.74) is 1.65. The Labute approximate surface area is 111 Å². The number of rotatable bonds is 5. The highest BCUT2D eigenvalue weighted by Gasteiger charge is 2.15. The van der Waals surface area contributed by atoms with Crippen molar-refractivity contribution in [2.75, 3.05) is 6.61 Å². The molecule has 0 spiro atoms. The van der Waals surface area contributed by atoms with Crippen LogP contribution in [-0.4, -0.2) is 17.1 Å². The number of thiophene rings is 1. The quantitative estimate of drug-likeness (QED) is 0.775. The molecule has 0 fully saturated rings. The molecule has 2 heterocycles. The lowest BCUT2D eigenvalue weighted by Gasteiger charge is -2.09. The highest BCUT2D eigenvalue weighted by Crippen LogP contribution is 2.15. The molecule has 3 nitrogen and oxygen atoms in total. The molecule has 0 aliphatic carbocycles. The topological polar surface area (TPSA) is 31.2 Å². The Kier molecular flexibility index (Phi) is 4.20. The van der Waals surface area contributed by atoms with Gasteiger partial charge in [0.05, 0.1) is 6.61 Å². The lowest BCUT2D eigenvalue weighted by molar-refractivity contribution is 0.0513. The number of carbonyl (C=O) groups excluding carboxylic acids is 1. The summed E-state index contributed by atoms with van der Waals surface area (Å²) in [5.74, 6) is -0.230. The lowest BCUT2D eigenvalue weighted by atomic mass is 10.2. The van der Waals surface area contributed by atoms with E-state index < -0.39 is 0 Å². The van der Waals surface area contributed by atoms with E-state index in [0.717, 1.165) is 18.5 Å². The molecule has 0 amide bonds. The second-order valence-electron chi connectivity index (χ2n) is 4.09. The zero-order valence-electron chi connectivity index (χ0n) is 10.7. The Balaban J connectivity index is 2.10. The Morgan fingerprint density at radius 2 is 2.28 bits per heavy atom. The normalized spacial score (nSPS) is 10.6. The summed E-state index contributed by atoms with van der Waals surface area (Å²) in [6, 6.07) is 6.12. The molecule has 0 N–H and O–H groups in total. The van der Waals surface area contributed by atoms with E-state index in [0.29, 0.717) is 12.3 Å². The number of aryl methyl sites for hydroxylation is 3. The number of hydrogen-bond acceptors (Lipinski definition) is 3. The van der Waals surface area contributed by atoms with Crippen LogP contribution in [0.15, 0.2) is 29.8 Å². The molecule has 0 saturated carbocycles. The molecule has 0 radical (unpaired) electrons. The summed E-state index contributed by atoms with van der Waals surface area (Å²) in [5, 5.41) is 2.07. The van der Waals surface area contributed by atoms with Gasteiger partial charge in [0.15, 0.2) is 0 Å². The molecule has 2 aromatic heterocycles. The van der Waals surface area contributed by atoms with Crippen molar-refractivity contribution in [2.45, 2.75) is 26.8 Å². The molecule has 0 aromatic carbocycles. The van der Waals surface area contributed by atoms with Crippen LogP contribution in [0.2, 0.25) is 0 Å². The molecule has 0 bridgehead atoms. The number of ether oxygens (including phenoxy) is 1. The minimum absolute atomic E-state index is 0.230. The van der Waals surface area contributed by atoms with Crippen molar-refractivity contribution in [2.24, 2.45) is 0 Å². The summed E-state index contributed by atoms with van der Waals surface area (Å²) in [6.45, 7) is 4.98. The van der Waals surface area contributed by atoms with Crippen LogP contribution in [0.25, 0.3) is 0 Å². The standard InChI is InChI=1S/C14H17NO2S/c1-3-17-14(16)13-11(2)6-8-15(13)9-7-12-5-4-10-18-12/h4-6,8,10H,3,7,9H2,1-2H3. The van der Waals surface area contributed by atoms with Crippen molar-refractivity contribution in [1.29, 1.82) is 0 Å². The van der Waals surface area contributed by atoms with E-state index in [1.54, 1.807) is 11.3 Å². The third-order valence-electron chi connectivity index (χ3n) is 2.81. The van der Waals surface area contributed by atoms with Crippen molar-refractivity contribution in [1.82, 2.24) is 4.57 Å². The molecule has 0 saturated heterocycles. The van der Waals surface area contributed by atoms with Crippen molar-refractivity contribution in [3.8, 4) is 0 Å². The van der Waals surface area contributed by atoms with Crippen LogP contribution in [0, 0.1) is 6.92 Å². The van der Waals surface area contributed by atoms with Gasteiger partial charge in [0.25, 0.3) is 0 Å². The van der Waals surface area contributed by atoms with Gasteiger partial charge < -0.3 is 9.30 Å². The maximum absolute atomic E-state index is 11.9. The van der Waals surface area contributed by atoms with Crippen molar-refractivity contribution in [3.05, 3.63) is 45.9 Å². The lowest BCUT2D eigenvalue weighted by Crippen LogP contribution is -2.14. The van der Waals surface area contributed by atoms with E-state index in [9.17, 15) is 4.79 Å². The van der Waals surface area contributed by atoms with Gasteiger partial charge in [0, 0.05) is 17.6 Å². The Morgan fingerprint density at radius 1 is 1.44 bits per heavy atom. The van der Waals surface area contributed by atoms with Gasteiger partial charge >= 0.3 is 5.97 Å². The predicted octanol–water partition coefficient (Wildman–Crippen LogP) is 3.28. The van der Waals surface area contributed by atoms with E-state index in [1.165, 1.54) is 4.88 Å². The molecule has 0 unspecified atom stereocenters. The summed E-state index contributed by atoms with van der Waals surface area (Å²) < 4.78 is 7.07. The van der Waals surface area contributed by atoms with Crippen LogP contribution in [0.3, 0.4) is 0 Å². The van der Waals surface area contributed by atoms with Crippen LogP contribution in [0.1, 0.15) is 27.9 Å². The fourth-order valence-electron chi connectivity index (χ4n) is 1.93. The van der Waals surface area contributed by atoms with Crippen LogP contribution < -0.4 is 0 Å². The average molecular weight is 263 g/mol. The summed E-state index contributed by atoms with van der Waals surface area (Å²) in [4.78, 5) is 13.2. The SMILES string of the molecule is CCOC(=O)c1c(C)ccn1CCc1cccs1. The van der Waals surface area contributed by atoms with E-state index in [4.69, 9.17) is 4.74 Å². The molecule has 2 aromatic rings. The van der Waals surface area contributed by atoms with Gasteiger partial charge in [-0.15, -0.1) is 11.3 Å². The second-order valence-corrected chi connectivity index (χ2v) is 5.12. The van der Waals surface area contributed by atoms with Gasteiger partial charge in [0.1, 0.15) is 5.69 Å². The van der Waals surface area contributed by atoms with Gasteiger partial charge in [-0.05, 0) is 43.3 Å². The molecule has 18 heavy (non-hydrogen) atoms. The molecule has 4 heteroatoms. The average Bonchev–Trinajstić information content (AvgIpc) is 2.96. The minimum Gasteiger partial charge on any atom is -0.461 e. The maximum atomic E-state index is 11.9. The number of aromatic nitrogens is 1. The molecular formula is C14H17NO2S. The Morgan fingerprint density at radius 3 is 2.94 bits per heavy atom. The zero-order valence-corrected chi connectivity index (χ0v) is 11.5. The highest BCUT2D eigenvalue weighted by molar-refractivity contribution is 7.09. The smallest absolute Gasteiger partial charge is 0.355 e. The number of esters is 1. The molecule has 0 aliphatic heterocycles. The third-order valence-corrected chi connectivity index (χ3v) is 3.75. The van der Waals surface area contributed by atoms with Crippen molar-refractivity contribution < 1.29 is 9.53 Å². The van der Waals surface area contributed by atoms with Crippen molar-refractivity contribution >= 4 is 17.3 Å². The van der Waals surface area contributed by atoms with E-state index in [2.05, 4.69) is 11.4 Å². The third kappa shape index (κ3) is 2.82. The molecule has 96 valence electrons. The van der Waals surface area contributed by atoms with Crippen molar-refractivity contribution in [3.63, 3.8) is 0 Å². The fourth-order valence-corrected chi connectivity index (χ4v) is 2.63. The first kappa shape index (κ1) is 12.9. The highest BCUT2D eigenvalue weighted by atomic mass is 32.1. The van der Waals surface area contributed by atoms with Gasteiger partial charge in [-0.3, -0.25) is 0 Å². The first-order chi connectivity index (χ1) is 8.72. The van der Waals surface area contributed by atoms with E-state index in [1.807, 2.05) is 36.7 Å². The Bertz CT molecular complexity index is 514. The summed E-state index contributed by atoms with van der Waals surface area (Å²) in [7, 11) is 0. The molecular weight excluding hydrogens is 246 g/mol. The van der Waals surface area contributed by atoms with E-state index >= 15 is 0 Å². The summed E-state index contributed by atoms with van der Waals surface area (Å²) in [6.07, 6.45) is 2.90. The monoisotopic (exact) mass is 263 g/mol. The van der Waals surface area contributed by atoms with Gasteiger partial charge in [0.2, 0.25) is 0 Å². The molecule has 0 aliphatic rings. The zero-order chi connectivity index (χ0) is 13.0. The number of carbonyl (C=O) groups is 1. The first-order valence-electron chi connectivity index (χ1n) is 6.07. The van der Waals surface area contributed by atoms with Gasteiger partial charge in [-0.2, -0.15) is 0 Å².